The molecule has 0 bridgehead atoms. The highest BCUT2D eigenvalue weighted by Gasteiger charge is 2.09. The molecule has 4 nitrogen and oxygen atoms in total. The Morgan fingerprint density at radius 2 is 2.17 bits per heavy atom. The molecule has 18 heavy (non-hydrogen) atoms. The monoisotopic (exact) mass is 257 g/mol. The number of carbonyl (C=O) groups excluding carboxylic acids is 1. The Labute approximate surface area is 108 Å². The number of para-hydroxylation sites is 2. The van der Waals surface area contributed by atoms with Crippen molar-refractivity contribution in [3.8, 4) is 0 Å². The first-order valence-corrected chi connectivity index (χ1v) is 6.49. The number of rotatable bonds is 3. The molecule has 90 valence electrons. The number of imidazole rings is 1. The number of hydrogen-bond donors (Lipinski definition) is 1. The van der Waals surface area contributed by atoms with Gasteiger partial charge in [0.1, 0.15) is 16.5 Å². The van der Waals surface area contributed by atoms with Gasteiger partial charge in [0.15, 0.2) is 5.78 Å². The van der Waals surface area contributed by atoms with E-state index in [-0.39, 0.29) is 5.78 Å². The average molecular weight is 257 g/mol. The van der Waals surface area contributed by atoms with Gasteiger partial charge >= 0.3 is 0 Å². The van der Waals surface area contributed by atoms with Crippen LogP contribution in [0.4, 0.5) is 0 Å². The summed E-state index contributed by atoms with van der Waals surface area (Å²) in [5.41, 5.74) is 2.51. The number of Topliss-reactive ketones (excluding diaryl/α,β-unsaturated/α-hetero) is 1. The molecule has 0 aliphatic heterocycles. The lowest BCUT2D eigenvalue weighted by Crippen LogP contribution is -1.94. The van der Waals surface area contributed by atoms with Crippen LogP contribution in [0.3, 0.4) is 0 Å². The second-order valence-electron chi connectivity index (χ2n) is 4.06. The first kappa shape index (κ1) is 11.1. The van der Waals surface area contributed by atoms with Crippen LogP contribution in [-0.2, 0) is 6.42 Å². The highest BCUT2D eigenvalue weighted by atomic mass is 32.1. The Morgan fingerprint density at radius 1 is 1.33 bits per heavy atom. The molecule has 0 radical (unpaired) electrons. The zero-order chi connectivity index (χ0) is 12.5. The first-order chi connectivity index (χ1) is 8.72. The summed E-state index contributed by atoms with van der Waals surface area (Å²) < 4.78 is 0. The number of aromatic amines is 1. The molecule has 3 aromatic rings. The molecule has 0 saturated heterocycles. The van der Waals surface area contributed by atoms with Gasteiger partial charge in [-0.3, -0.25) is 4.79 Å². The van der Waals surface area contributed by atoms with Crippen molar-refractivity contribution in [1.29, 1.82) is 0 Å². The normalized spacial score (nSPS) is 10.9. The van der Waals surface area contributed by atoms with E-state index in [0.29, 0.717) is 12.1 Å². The summed E-state index contributed by atoms with van der Waals surface area (Å²) in [5, 5.41) is 2.69. The summed E-state index contributed by atoms with van der Waals surface area (Å²) in [6.07, 6.45) is 0.632. The largest absolute Gasteiger partial charge is 0.342 e. The minimum atomic E-state index is 0.00195. The van der Waals surface area contributed by atoms with E-state index < -0.39 is 0 Å². The lowest BCUT2D eigenvalue weighted by molar-refractivity contribution is 0.101. The van der Waals surface area contributed by atoms with Gasteiger partial charge in [-0.2, -0.15) is 0 Å². The van der Waals surface area contributed by atoms with Gasteiger partial charge in [-0.1, -0.05) is 12.1 Å². The topological polar surface area (TPSA) is 58.6 Å². The van der Waals surface area contributed by atoms with Crippen LogP contribution in [0, 0.1) is 0 Å². The van der Waals surface area contributed by atoms with E-state index in [1.54, 1.807) is 5.38 Å². The predicted octanol–water partition coefficient (Wildman–Crippen LogP) is 2.81. The smallest absolute Gasteiger partial charge is 0.178 e. The maximum absolute atomic E-state index is 11.2. The number of hydrogen-bond acceptors (Lipinski definition) is 4. The zero-order valence-electron chi connectivity index (χ0n) is 9.80. The molecule has 3 rings (SSSR count). The second-order valence-corrected chi connectivity index (χ2v) is 5.00. The molecule has 1 aromatic carbocycles. The molecule has 0 saturated carbocycles. The fourth-order valence-electron chi connectivity index (χ4n) is 1.79. The van der Waals surface area contributed by atoms with Crippen LogP contribution in [-0.4, -0.2) is 20.7 Å². The van der Waals surface area contributed by atoms with Gasteiger partial charge in [-0.25, -0.2) is 9.97 Å². The Balaban J connectivity index is 1.88. The van der Waals surface area contributed by atoms with Crippen LogP contribution in [0.1, 0.15) is 28.2 Å². The van der Waals surface area contributed by atoms with E-state index in [1.807, 2.05) is 24.3 Å². The van der Waals surface area contributed by atoms with E-state index in [0.717, 1.165) is 21.9 Å². The van der Waals surface area contributed by atoms with Crippen molar-refractivity contribution in [2.24, 2.45) is 0 Å². The van der Waals surface area contributed by atoms with Crippen molar-refractivity contribution in [3.05, 3.63) is 46.2 Å². The minimum absolute atomic E-state index is 0.00195. The third kappa shape index (κ3) is 2.04. The number of fused-ring (bicyclic) bond motifs is 1. The van der Waals surface area contributed by atoms with Gasteiger partial charge in [-0.05, 0) is 12.1 Å². The lowest BCUT2D eigenvalue weighted by Gasteiger charge is -1.90. The predicted molar refractivity (Wildman–Crippen MR) is 71.0 cm³/mol. The molecule has 0 unspecified atom stereocenters. The highest BCUT2D eigenvalue weighted by molar-refractivity contribution is 7.09. The standard InChI is InChI=1S/C13H11N3OS/c1-8(17)11-7-18-13(16-11)6-12-14-9-4-2-3-5-10(9)15-12/h2-5,7H,6H2,1H3,(H,14,15). The fraction of sp³-hybridized carbons (Fsp3) is 0.154. The van der Waals surface area contributed by atoms with Crippen LogP contribution in [0.25, 0.3) is 11.0 Å². The van der Waals surface area contributed by atoms with Crippen molar-refractivity contribution < 1.29 is 4.79 Å². The summed E-state index contributed by atoms with van der Waals surface area (Å²) >= 11 is 1.49. The Bertz CT molecular complexity index is 681. The van der Waals surface area contributed by atoms with Crippen LogP contribution < -0.4 is 0 Å². The quantitative estimate of drug-likeness (QED) is 0.734. The third-order valence-corrected chi connectivity index (χ3v) is 3.52. The number of benzene rings is 1. The lowest BCUT2D eigenvalue weighted by atomic mass is 10.3. The van der Waals surface area contributed by atoms with Crippen LogP contribution in [0.2, 0.25) is 0 Å². The zero-order valence-corrected chi connectivity index (χ0v) is 10.6. The molecule has 0 fully saturated rings. The molecular weight excluding hydrogens is 246 g/mol. The van der Waals surface area contributed by atoms with Crippen molar-refractivity contribution >= 4 is 28.2 Å². The molecule has 5 heteroatoms. The Kier molecular flexibility index (Phi) is 2.68. The van der Waals surface area contributed by atoms with Gasteiger partial charge in [-0.15, -0.1) is 11.3 Å². The van der Waals surface area contributed by atoms with Crippen LogP contribution in [0.5, 0.6) is 0 Å². The van der Waals surface area contributed by atoms with E-state index in [1.165, 1.54) is 18.3 Å². The van der Waals surface area contributed by atoms with E-state index >= 15 is 0 Å². The molecule has 0 atom stereocenters. The number of aromatic nitrogens is 3. The van der Waals surface area contributed by atoms with Crippen LogP contribution in [0.15, 0.2) is 29.6 Å². The first-order valence-electron chi connectivity index (χ1n) is 5.61. The summed E-state index contributed by atoms with van der Waals surface area (Å²) in [6, 6.07) is 7.90. The maximum Gasteiger partial charge on any atom is 0.178 e. The second kappa shape index (κ2) is 4.34. The highest BCUT2D eigenvalue weighted by Crippen LogP contribution is 2.16. The van der Waals surface area contributed by atoms with Crippen molar-refractivity contribution in [2.75, 3.05) is 0 Å². The number of H-pyrrole nitrogens is 1. The van der Waals surface area contributed by atoms with E-state index in [9.17, 15) is 4.79 Å². The third-order valence-electron chi connectivity index (χ3n) is 2.67. The van der Waals surface area contributed by atoms with Crippen molar-refractivity contribution in [2.45, 2.75) is 13.3 Å². The molecule has 0 spiro atoms. The van der Waals surface area contributed by atoms with Gasteiger partial charge in [0.05, 0.1) is 17.5 Å². The van der Waals surface area contributed by atoms with Gasteiger partial charge in [0, 0.05) is 12.3 Å². The number of thiazole rings is 1. The number of ketones is 1. The summed E-state index contributed by atoms with van der Waals surface area (Å²) in [7, 11) is 0. The maximum atomic E-state index is 11.2. The molecule has 1 N–H and O–H groups in total. The molecule has 0 aliphatic carbocycles. The van der Waals surface area contributed by atoms with Crippen molar-refractivity contribution in [1.82, 2.24) is 15.0 Å². The molecule has 2 aromatic heterocycles. The Morgan fingerprint density at radius 3 is 2.89 bits per heavy atom. The van der Waals surface area contributed by atoms with Crippen LogP contribution >= 0.6 is 11.3 Å². The van der Waals surface area contributed by atoms with Gasteiger partial charge in [0.25, 0.3) is 0 Å². The molecule has 0 amide bonds. The van der Waals surface area contributed by atoms with Gasteiger partial charge in [0.2, 0.25) is 0 Å². The average Bonchev–Trinajstić information content (AvgIpc) is 2.94. The molecular formula is C13H11N3OS. The fourth-order valence-corrected chi connectivity index (χ4v) is 2.62. The summed E-state index contributed by atoms with van der Waals surface area (Å²) in [6.45, 7) is 1.53. The minimum Gasteiger partial charge on any atom is -0.342 e. The summed E-state index contributed by atoms with van der Waals surface area (Å²) in [5.74, 6) is 0.878. The van der Waals surface area contributed by atoms with Crippen molar-refractivity contribution in [3.63, 3.8) is 0 Å². The number of carbonyl (C=O) groups is 1. The molecule has 2 heterocycles. The van der Waals surface area contributed by atoms with E-state index in [4.69, 9.17) is 0 Å². The summed E-state index contributed by atoms with van der Waals surface area (Å²) in [4.78, 5) is 23.2. The SMILES string of the molecule is CC(=O)c1csc(Cc2nc3ccccc3[nH]2)n1. The Hall–Kier alpha value is -2.01. The molecule has 0 aliphatic rings. The number of nitrogens with zero attached hydrogens (tertiary/aromatic N) is 2. The van der Waals surface area contributed by atoms with Gasteiger partial charge < -0.3 is 4.98 Å². The number of nitrogens with one attached hydrogen (secondary N) is 1. The van der Waals surface area contributed by atoms with E-state index in [2.05, 4.69) is 15.0 Å².